The van der Waals surface area contributed by atoms with E-state index in [1.165, 1.54) is 0 Å². The Hall–Kier alpha value is -0.677. The second-order valence-electron chi connectivity index (χ2n) is 2.08. The van der Waals surface area contributed by atoms with Crippen molar-refractivity contribution in [3.8, 4) is 0 Å². The van der Waals surface area contributed by atoms with Crippen molar-refractivity contribution >= 4 is 0 Å². The zero-order valence-corrected chi connectivity index (χ0v) is 10.0. The summed E-state index contributed by atoms with van der Waals surface area (Å²) >= 11 is 0. The first-order valence-electron chi connectivity index (χ1n) is 3.63. The molecule has 0 bridgehead atoms. The minimum atomic E-state index is 0. The molecule has 0 N–H and O–H groups in total. The van der Waals surface area contributed by atoms with E-state index < -0.39 is 0 Å². The number of rotatable bonds is 0. The van der Waals surface area contributed by atoms with E-state index in [1.54, 1.807) is 0 Å². The Bertz CT molecular complexity index is 187. The minimum Gasteiger partial charge on any atom is -0.273 e. The van der Waals surface area contributed by atoms with Crippen LogP contribution in [0.4, 0.5) is 0 Å². The van der Waals surface area contributed by atoms with Gasteiger partial charge >= 0.3 is 19.5 Å². The maximum absolute atomic E-state index is 2.99. The van der Waals surface area contributed by atoms with Gasteiger partial charge < -0.3 is 0 Å². The van der Waals surface area contributed by atoms with Crippen LogP contribution in [0.25, 0.3) is 0 Å². The van der Waals surface area contributed by atoms with E-state index in [9.17, 15) is 0 Å². The van der Waals surface area contributed by atoms with Gasteiger partial charge in [0, 0.05) is 0 Å². The van der Waals surface area contributed by atoms with Gasteiger partial charge in [0.2, 0.25) is 0 Å². The number of hydrogen-bond donors (Lipinski definition) is 0. The van der Waals surface area contributed by atoms with Crippen molar-refractivity contribution in [3.05, 3.63) is 60.7 Å². The standard InChI is InChI=1S/C6H5.C5H5.Zn/c1-2-4-6-5-3-1;1-2-4-5-3-1;/h1-5H;1-3H,4H2;/q2*-1;+2. The molecule has 1 aliphatic rings. The van der Waals surface area contributed by atoms with Crippen LogP contribution in [0.1, 0.15) is 6.42 Å². The molecule has 1 heteroatoms. The molecule has 12 heavy (non-hydrogen) atoms. The molecule has 0 atom stereocenters. The van der Waals surface area contributed by atoms with E-state index in [4.69, 9.17) is 0 Å². The number of allylic oxidation sites excluding steroid dienone is 4. The smallest absolute Gasteiger partial charge is 0.273 e. The van der Waals surface area contributed by atoms with E-state index in [0.29, 0.717) is 0 Å². The van der Waals surface area contributed by atoms with E-state index in [-0.39, 0.29) is 19.5 Å². The van der Waals surface area contributed by atoms with Crippen molar-refractivity contribution in [2.75, 3.05) is 0 Å². The zero-order valence-electron chi connectivity index (χ0n) is 7.03. The Morgan fingerprint density at radius 1 is 1.00 bits per heavy atom. The van der Waals surface area contributed by atoms with E-state index in [2.05, 4.69) is 18.2 Å². The van der Waals surface area contributed by atoms with Gasteiger partial charge in [0.15, 0.2) is 0 Å². The molecule has 0 saturated heterocycles. The van der Waals surface area contributed by atoms with Gasteiger partial charge in [-0.2, -0.15) is 42.5 Å². The molecule has 0 nitrogen and oxygen atoms in total. The predicted molar refractivity (Wildman–Crippen MR) is 46.8 cm³/mol. The molecule has 0 aliphatic heterocycles. The molecule has 1 aliphatic carbocycles. The number of benzene rings is 1. The summed E-state index contributed by atoms with van der Waals surface area (Å²) in [4.78, 5) is 0. The molecule has 0 saturated carbocycles. The summed E-state index contributed by atoms with van der Waals surface area (Å²) in [6.45, 7) is 0. The molecular formula is C11H10Zn. The summed E-state index contributed by atoms with van der Waals surface area (Å²) in [7, 11) is 0. The van der Waals surface area contributed by atoms with E-state index in [0.717, 1.165) is 6.42 Å². The van der Waals surface area contributed by atoms with Gasteiger partial charge in [-0.3, -0.25) is 6.08 Å². The van der Waals surface area contributed by atoms with Crippen molar-refractivity contribution in [2.45, 2.75) is 6.42 Å². The summed E-state index contributed by atoms with van der Waals surface area (Å²) in [6, 6.07) is 12.5. The molecule has 0 spiro atoms. The second kappa shape index (κ2) is 8.42. The Balaban J connectivity index is 0.000000189. The summed E-state index contributed by atoms with van der Waals surface area (Å²) < 4.78 is 0. The fraction of sp³-hybridized carbons (Fsp3) is 0.0909. The largest absolute Gasteiger partial charge is 2.00 e. The van der Waals surface area contributed by atoms with Crippen LogP contribution in [-0.4, -0.2) is 0 Å². The fourth-order valence-electron chi connectivity index (χ4n) is 0.682. The van der Waals surface area contributed by atoms with Crippen molar-refractivity contribution in [2.24, 2.45) is 0 Å². The third kappa shape index (κ3) is 6.06. The first-order chi connectivity index (χ1) is 5.50. The van der Waals surface area contributed by atoms with Crippen molar-refractivity contribution in [1.82, 2.24) is 0 Å². The Morgan fingerprint density at radius 3 is 1.92 bits per heavy atom. The monoisotopic (exact) mass is 206 g/mol. The van der Waals surface area contributed by atoms with Crippen LogP contribution in [0.5, 0.6) is 0 Å². The molecule has 2 rings (SSSR count). The quantitative estimate of drug-likeness (QED) is 0.453. The molecular weight excluding hydrogens is 198 g/mol. The van der Waals surface area contributed by atoms with E-state index in [1.807, 2.05) is 42.5 Å². The second-order valence-corrected chi connectivity index (χ2v) is 2.08. The fourth-order valence-corrected chi connectivity index (χ4v) is 0.682. The van der Waals surface area contributed by atoms with Crippen LogP contribution >= 0.6 is 0 Å². The minimum absolute atomic E-state index is 0. The average molecular weight is 208 g/mol. The van der Waals surface area contributed by atoms with Gasteiger partial charge in [-0.25, -0.2) is 12.2 Å². The third-order valence-electron chi connectivity index (χ3n) is 1.19. The van der Waals surface area contributed by atoms with Crippen molar-refractivity contribution in [3.63, 3.8) is 0 Å². The molecule has 0 amide bonds. The normalized spacial score (nSPS) is 11.3. The number of hydrogen-bond acceptors (Lipinski definition) is 0. The van der Waals surface area contributed by atoms with Crippen LogP contribution in [0.3, 0.4) is 0 Å². The molecule has 0 heterocycles. The maximum Gasteiger partial charge on any atom is 2.00 e. The zero-order chi connectivity index (χ0) is 7.78. The van der Waals surface area contributed by atoms with Crippen LogP contribution in [0.15, 0.2) is 48.6 Å². The molecule has 0 aromatic heterocycles. The molecule has 0 fully saturated rings. The van der Waals surface area contributed by atoms with Gasteiger partial charge in [-0.1, -0.05) is 0 Å². The summed E-state index contributed by atoms with van der Waals surface area (Å²) in [5, 5.41) is 0. The Kier molecular flexibility index (Phi) is 7.95. The molecule has 56 valence electrons. The van der Waals surface area contributed by atoms with Gasteiger partial charge in [0.05, 0.1) is 0 Å². The van der Waals surface area contributed by atoms with Crippen LogP contribution < -0.4 is 0 Å². The summed E-state index contributed by atoms with van der Waals surface area (Å²) in [6.07, 6.45) is 10.0. The van der Waals surface area contributed by atoms with Gasteiger partial charge in [-0.05, 0) is 0 Å². The van der Waals surface area contributed by atoms with Crippen molar-refractivity contribution in [1.29, 1.82) is 0 Å². The molecule has 0 radical (unpaired) electrons. The van der Waals surface area contributed by atoms with Crippen molar-refractivity contribution < 1.29 is 19.5 Å². The Labute approximate surface area is 86.8 Å². The first kappa shape index (κ1) is 11.3. The van der Waals surface area contributed by atoms with Gasteiger partial charge in [0.25, 0.3) is 0 Å². The summed E-state index contributed by atoms with van der Waals surface area (Å²) in [5.74, 6) is 0. The molecule has 0 unspecified atom stereocenters. The molecule has 1 aromatic carbocycles. The third-order valence-corrected chi connectivity index (χ3v) is 1.19. The van der Waals surface area contributed by atoms with Gasteiger partial charge in [-0.15, -0.1) is 6.42 Å². The maximum atomic E-state index is 2.99. The predicted octanol–water partition coefficient (Wildman–Crippen LogP) is 2.79. The van der Waals surface area contributed by atoms with Crippen LogP contribution in [0, 0.1) is 12.1 Å². The SMILES string of the molecule is [C-]1=CC=CC1.[Zn+2].[c-]1ccccc1. The Morgan fingerprint density at radius 2 is 1.75 bits per heavy atom. The topological polar surface area (TPSA) is 0 Å². The first-order valence-corrected chi connectivity index (χ1v) is 3.63. The van der Waals surface area contributed by atoms with Gasteiger partial charge in [0.1, 0.15) is 0 Å². The van der Waals surface area contributed by atoms with Crippen LogP contribution in [-0.2, 0) is 19.5 Å². The molecule has 1 aromatic rings. The average Bonchev–Trinajstić information content (AvgIpc) is 2.64. The van der Waals surface area contributed by atoms with E-state index >= 15 is 0 Å². The summed E-state index contributed by atoms with van der Waals surface area (Å²) in [5.41, 5.74) is 0. The van der Waals surface area contributed by atoms with Crippen LogP contribution in [0.2, 0.25) is 0 Å².